The number of nitrogens with one attached hydrogen (secondary N) is 2. The van der Waals surface area contributed by atoms with Gasteiger partial charge in [0.2, 0.25) is 5.91 Å². The Balaban J connectivity index is 1.46. The van der Waals surface area contributed by atoms with Gasteiger partial charge in [-0.2, -0.15) is 0 Å². The molecule has 0 radical (unpaired) electrons. The summed E-state index contributed by atoms with van der Waals surface area (Å²) in [6.45, 7) is 6.12. The largest absolute Gasteiger partial charge is 0.462 e. The molecule has 164 valence electrons. The fourth-order valence-electron chi connectivity index (χ4n) is 3.18. The van der Waals surface area contributed by atoms with Gasteiger partial charge in [0.05, 0.1) is 12.2 Å². The molecule has 1 fully saturated rings. The first-order valence-corrected chi connectivity index (χ1v) is 10.3. The number of rotatable bonds is 6. The molecule has 1 saturated heterocycles. The monoisotopic (exact) mass is 425 g/mol. The summed E-state index contributed by atoms with van der Waals surface area (Å²) >= 11 is 0. The van der Waals surface area contributed by atoms with Crippen LogP contribution >= 0.6 is 0 Å². The SMILES string of the molecule is CCOC(=O)c1ccc(NC(=O)[C@@H](C)NC(=O)N2CCN(c3ccccn3)CC2)cc1. The fourth-order valence-corrected chi connectivity index (χ4v) is 3.18. The van der Waals surface area contributed by atoms with Crippen LogP contribution in [0.25, 0.3) is 0 Å². The van der Waals surface area contributed by atoms with E-state index in [9.17, 15) is 14.4 Å². The van der Waals surface area contributed by atoms with E-state index in [4.69, 9.17) is 4.74 Å². The number of hydrogen-bond donors (Lipinski definition) is 2. The Morgan fingerprint density at radius 3 is 2.39 bits per heavy atom. The molecule has 0 saturated carbocycles. The van der Waals surface area contributed by atoms with Gasteiger partial charge in [0, 0.05) is 38.1 Å². The molecule has 2 heterocycles. The van der Waals surface area contributed by atoms with Gasteiger partial charge >= 0.3 is 12.0 Å². The van der Waals surface area contributed by atoms with Crippen LogP contribution in [0.1, 0.15) is 24.2 Å². The lowest BCUT2D eigenvalue weighted by molar-refractivity contribution is -0.117. The number of pyridine rings is 1. The van der Waals surface area contributed by atoms with Crippen LogP contribution in [-0.2, 0) is 9.53 Å². The van der Waals surface area contributed by atoms with Crippen LogP contribution in [0.4, 0.5) is 16.3 Å². The number of urea groups is 1. The van der Waals surface area contributed by atoms with Gasteiger partial charge in [-0.25, -0.2) is 14.6 Å². The number of piperazine rings is 1. The van der Waals surface area contributed by atoms with Crippen molar-refractivity contribution < 1.29 is 19.1 Å². The molecule has 1 aromatic carbocycles. The summed E-state index contributed by atoms with van der Waals surface area (Å²) < 4.78 is 4.94. The minimum absolute atomic E-state index is 0.277. The summed E-state index contributed by atoms with van der Waals surface area (Å²) in [6, 6.07) is 11.2. The third-order valence-corrected chi connectivity index (χ3v) is 4.94. The fraction of sp³-hybridized carbons (Fsp3) is 0.364. The van der Waals surface area contributed by atoms with Crippen LogP contribution in [0, 0.1) is 0 Å². The Labute approximate surface area is 181 Å². The van der Waals surface area contributed by atoms with Crippen LogP contribution in [0.5, 0.6) is 0 Å². The molecule has 1 atom stereocenters. The number of ether oxygens (including phenoxy) is 1. The van der Waals surface area contributed by atoms with E-state index in [-0.39, 0.29) is 11.9 Å². The first-order valence-electron chi connectivity index (χ1n) is 10.3. The van der Waals surface area contributed by atoms with Crippen molar-refractivity contribution >= 4 is 29.4 Å². The lowest BCUT2D eigenvalue weighted by Crippen LogP contribution is -2.54. The van der Waals surface area contributed by atoms with Crippen molar-refractivity contribution in [1.29, 1.82) is 0 Å². The first-order chi connectivity index (χ1) is 15.0. The van der Waals surface area contributed by atoms with E-state index < -0.39 is 12.0 Å². The molecule has 3 amide bonds. The minimum Gasteiger partial charge on any atom is -0.462 e. The van der Waals surface area contributed by atoms with Crippen molar-refractivity contribution in [2.24, 2.45) is 0 Å². The van der Waals surface area contributed by atoms with Crippen molar-refractivity contribution in [3.63, 3.8) is 0 Å². The summed E-state index contributed by atoms with van der Waals surface area (Å²) in [5, 5.41) is 5.47. The van der Waals surface area contributed by atoms with Gasteiger partial charge in [-0.05, 0) is 50.2 Å². The lowest BCUT2D eigenvalue weighted by atomic mass is 10.2. The second-order valence-corrected chi connectivity index (χ2v) is 7.12. The number of nitrogens with zero attached hydrogens (tertiary/aromatic N) is 3. The zero-order chi connectivity index (χ0) is 22.2. The highest BCUT2D eigenvalue weighted by Gasteiger charge is 2.24. The highest BCUT2D eigenvalue weighted by Crippen LogP contribution is 2.13. The van der Waals surface area contributed by atoms with Crippen LogP contribution in [0.2, 0.25) is 0 Å². The number of anilines is 2. The topological polar surface area (TPSA) is 104 Å². The molecule has 0 spiro atoms. The van der Waals surface area contributed by atoms with Gasteiger partial charge in [0.15, 0.2) is 0 Å². The third kappa shape index (κ3) is 5.94. The summed E-state index contributed by atoms with van der Waals surface area (Å²) in [5.74, 6) is 0.137. The zero-order valence-corrected chi connectivity index (χ0v) is 17.7. The van der Waals surface area contributed by atoms with Gasteiger partial charge in [-0.1, -0.05) is 6.07 Å². The molecule has 2 aromatic rings. The quantitative estimate of drug-likeness (QED) is 0.687. The van der Waals surface area contributed by atoms with E-state index in [1.807, 2.05) is 18.2 Å². The van der Waals surface area contributed by atoms with Gasteiger partial charge in [0.1, 0.15) is 11.9 Å². The Bertz CT molecular complexity index is 896. The molecule has 0 bridgehead atoms. The van der Waals surface area contributed by atoms with Crippen molar-refractivity contribution in [3.05, 3.63) is 54.2 Å². The van der Waals surface area contributed by atoms with Crippen molar-refractivity contribution in [2.45, 2.75) is 19.9 Å². The summed E-state index contributed by atoms with van der Waals surface area (Å²) in [4.78, 5) is 44.8. The Hall–Kier alpha value is -3.62. The molecule has 1 aliphatic rings. The number of aromatic nitrogens is 1. The normalized spacial score (nSPS) is 14.5. The first kappa shape index (κ1) is 22.1. The number of hydrogen-bond acceptors (Lipinski definition) is 6. The van der Waals surface area contributed by atoms with Crippen molar-refractivity contribution in [3.8, 4) is 0 Å². The molecular formula is C22H27N5O4. The second kappa shape index (κ2) is 10.4. The molecule has 31 heavy (non-hydrogen) atoms. The number of carbonyl (C=O) groups is 3. The third-order valence-electron chi connectivity index (χ3n) is 4.94. The average molecular weight is 425 g/mol. The van der Waals surface area contributed by atoms with E-state index in [1.165, 1.54) is 0 Å². The van der Waals surface area contributed by atoms with E-state index in [1.54, 1.807) is 49.2 Å². The number of carbonyl (C=O) groups excluding carboxylic acids is 3. The zero-order valence-electron chi connectivity index (χ0n) is 17.7. The Kier molecular flexibility index (Phi) is 7.42. The molecule has 0 aliphatic carbocycles. The number of amides is 3. The van der Waals surface area contributed by atoms with Crippen molar-refractivity contribution in [1.82, 2.24) is 15.2 Å². The summed E-state index contributed by atoms with van der Waals surface area (Å²) in [6.07, 6.45) is 1.75. The molecule has 1 aromatic heterocycles. The molecule has 3 rings (SSSR count). The Morgan fingerprint density at radius 1 is 1.06 bits per heavy atom. The maximum absolute atomic E-state index is 12.5. The highest BCUT2D eigenvalue weighted by atomic mass is 16.5. The van der Waals surface area contributed by atoms with E-state index >= 15 is 0 Å². The van der Waals surface area contributed by atoms with Gasteiger partial charge in [-0.15, -0.1) is 0 Å². The molecule has 2 N–H and O–H groups in total. The second-order valence-electron chi connectivity index (χ2n) is 7.12. The summed E-state index contributed by atoms with van der Waals surface area (Å²) in [7, 11) is 0. The number of esters is 1. The van der Waals surface area contributed by atoms with Gasteiger partial charge in [-0.3, -0.25) is 4.79 Å². The highest BCUT2D eigenvalue weighted by molar-refractivity contribution is 5.97. The van der Waals surface area contributed by atoms with Gasteiger partial charge in [0.25, 0.3) is 0 Å². The van der Waals surface area contributed by atoms with E-state index in [0.29, 0.717) is 44.0 Å². The van der Waals surface area contributed by atoms with E-state index in [2.05, 4.69) is 20.5 Å². The maximum atomic E-state index is 12.5. The van der Waals surface area contributed by atoms with Crippen LogP contribution in [0.3, 0.4) is 0 Å². The Morgan fingerprint density at radius 2 is 1.77 bits per heavy atom. The van der Waals surface area contributed by atoms with Crippen LogP contribution < -0.4 is 15.5 Å². The number of benzene rings is 1. The predicted octanol–water partition coefficient (Wildman–Crippen LogP) is 2.12. The molecule has 1 aliphatic heterocycles. The molecule has 9 heteroatoms. The average Bonchev–Trinajstić information content (AvgIpc) is 2.80. The van der Waals surface area contributed by atoms with E-state index in [0.717, 1.165) is 5.82 Å². The smallest absolute Gasteiger partial charge is 0.338 e. The van der Waals surface area contributed by atoms with Crippen molar-refractivity contribution in [2.75, 3.05) is 43.0 Å². The van der Waals surface area contributed by atoms with Crippen LogP contribution in [0.15, 0.2) is 48.7 Å². The maximum Gasteiger partial charge on any atom is 0.338 e. The molecular weight excluding hydrogens is 398 g/mol. The molecule has 0 unspecified atom stereocenters. The molecule has 9 nitrogen and oxygen atoms in total. The summed E-state index contributed by atoms with van der Waals surface area (Å²) in [5.41, 5.74) is 0.939. The van der Waals surface area contributed by atoms with Crippen LogP contribution in [-0.4, -0.2) is 66.6 Å². The van der Waals surface area contributed by atoms with Gasteiger partial charge < -0.3 is 25.2 Å². The predicted molar refractivity (Wildman–Crippen MR) is 117 cm³/mol. The minimum atomic E-state index is -0.717. The standard InChI is InChI=1S/C22H27N5O4/c1-3-31-21(29)17-7-9-18(10-8-17)25-20(28)16(2)24-22(30)27-14-12-26(13-15-27)19-6-4-5-11-23-19/h4-11,16H,3,12-15H2,1-2H3,(H,24,30)(H,25,28)/t16-/m1/s1. The lowest BCUT2D eigenvalue weighted by Gasteiger charge is -2.35.